The van der Waals surface area contributed by atoms with Crippen LogP contribution in [0.3, 0.4) is 0 Å². The summed E-state index contributed by atoms with van der Waals surface area (Å²) < 4.78 is 7.10. The third-order valence-corrected chi connectivity index (χ3v) is 68.5. The van der Waals surface area contributed by atoms with Crippen LogP contribution < -0.4 is 0 Å². The number of aryl methyl sites for hydroxylation is 2. The van der Waals surface area contributed by atoms with Gasteiger partial charge in [-0.3, -0.25) is 0 Å². The monoisotopic (exact) mass is 818 g/mol. The zero-order valence-corrected chi connectivity index (χ0v) is 35.2. The minimum absolute atomic E-state index is 0.579. The molecule has 250 valence electrons. The molecule has 2 atom stereocenters. The van der Waals surface area contributed by atoms with Crippen molar-refractivity contribution in [3.8, 4) is 22.3 Å². The van der Waals surface area contributed by atoms with Crippen LogP contribution in [0.5, 0.6) is 0 Å². The van der Waals surface area contributed by atoms with Crippen LogP contribution in [-0.2, 0) is 17.1 Å². The zero-order valence-electron chi connectivity index (χ0n) is 30.6. The number of unbranched alkanes of at least 4 members (excludes halogenated alkanes) is 6. The predicted molar refractivity (Wildman–Crippen MR) is 212 cm³/mol. The molecule has 2 unspecified atom stereocenters. The van der Waals surface area contributed by atoms with E-state index in [0.29, 0.717) is 7.35 Å². The fraction of sp³-hybridized carbons (Fsp3) is 0.391. The molecule has 0 amide bonds. The van der Waals surface area contributed by atoms with Gasteiger partial charge in [-0.15, -0.1) is 0 Å². The van der Waals surface area contributed by atoms with Crippen LogP contribution in [0.1, 0.15) is 106 Å². The summed E-state index contributed by atoms with van der Waals surface area (Å²) in [4.78, 5) is 0. The van der Waals surface area contributed by atoms with Crippen LogP contribution in [-0.4, -0.2) is 5.49 Å². The van der Waals surface area contributed by atoms with Gasteiger partial charge < -0.3 is 0 Å². The van der Waals surface area contributed by atoms with Gasteiger partial charge in [0, 0.05) is 0 Å². The summed E-state index contributed by atoms with van der Waals surface area (Å²) >= 11 is -3.97. The van der Waals surface area contributed by atoms with E-state index in [1.54, 1.807) is 11.1 Å². The standard InChI is InChI=1S/2C16H13.C12H26Si.2CH3.Hf/c2*1-12-6-2-3-9-14(12)16-11-5-8-13-7-4-10-15(13)16;1-3-5-7-9-11-13-12-10-8-6-4-2;;;/h2*2-11H,1H3;3-12H2,1-2H3;2*1H3;. The normalized spacial score (nSPS) is 16.7. The van der Waals surface area contributed by atoms with Crippen LogP contribution >= 0.6 is 0 Å². The molecule has 48 heavy (non-hydrogen) atoms. The van der Waals surface area contributed by atoms with Gasteiger partial charge in [-0.05, 0) is 0 Å². The van der Waals surface area contributed by atoms with Crippen molar-refractivity contribution >= 4 is 17.6 Å². The topological polar surface area (TPSA) is 0 Å². The number of allylic oxidation sites excluding steroid dienone is 2. The Kier molecular flexibility index (Phi) is 11.1. The van der Waals surface area contributed by atoms with Crippen molar-refractivity contribution in [1.82, 2.24) is 0 Å². The first-order chi connectivity index (χ1) is 23.3. The number of fused-ring (bicyclic) bond motifs is 2. The molecule has 6 rings (SSSR count). The third kappa shape index (κ3) is 6.54. The summed E-state index contributed by atoms with van der Waals surface area (Å²) in [5.74, 6) is 0. The predicted octanol–water partition coefficient (Wildman–Crippen LogP) is 14.4. The van der Waals surface area contributed by atoms with Gasteiger partial charge in [-0.25, -0.2) is 0 Å². The quantitative estimate of drug-likeness (QED) is 0.0878. The number of hydrogen-bond acceptors (Lipinski definition) is 0. The molecule has 0 spiro atoms. The molecule has 4 aromatic carbocycles. The van der Waals surface area contributed by atoms with Gasteiger partial charge in [0.05, 0.1) is 0 Å². The van der Waals surface area contributed by atoms with Gasteiger partial charge in [0.15, 0.2) is 0 Å². The van der Waals surface area contributed by atoms with E-state index in [1.807, 2.05) is 0 Å². The van der Waals surface area contributed by atoms with Crippen molar-refractivity contribution in [3.63, 3.8) is 0 Å². The molecule has 4 aromatic rings. The molecule has 0 fully saturated rings. The molecule has 0 aliphatic heterocycles. The molecule has 0 saturated heterocycles. The van der Waals surface area contributed by atoms with E-state index in [2.05, 4.69) is 146 Å². The van der Waals surface area contributed by atoms with Gasteiger partial charge in [0.2, 0.25) is 0 Å². The molecule has 0 heterocycles. The van der Waals surface area contributed by atoms with Gasteiger partial charge in [-0.1, -0.05) is 0 Å². The fourth-order valence-electron chi connectivity index (χ4n) is 9.52. The maximum absolute atomic E-state index is 3.97. The summed E-state index contributed by atoms with van der Waals surface area (Å²) in [5, 5.41) is 0. The zero-order chi connectivity index (χ0) is 33.8. The van der Waals surface area contributed by atoms with E-state index in [1.165, 1.54) is 108 Å². The van der Waals surface area contributed by atoms with Crippen LogP contribution in [0.4, 0.5) is 0 Å². The maximum atomic E-state index is 2.97. The van der Waals surface area contributed by atoms with Crippen molar-refractivity contribution in [1.29, 1.82) is 0 Å². The SMILES string of the molecule is CCCCCC[Si](CCCCCC)=[Hf]([CH3])([CH3])([CH]1C=Cc2c(-c3ccccc3C)cccc21)[CH]1C=Cc2c(-c3ccccc3C)cccc21. The first kappa shape index (κ1) is 35.3. The average molecular weight is 818 g/mol. The van der Waals surface area contributed by atoms with Gasteiger partial charge in [-0.2, -0.15) is 0 Å². The Labute approximate surface area is 293 Å². The summed E-state index contributed by atoms with van der Waals surface area (Å²) in [6.45, 7) is 9.27. The first-order valence-corrected chi connectivity index (χ1v) is 37.7. The third-order valence-electron chi connectivity index (χ3n) is 12.4. The van der Waals surface area contributed by atoms with Crippen molar-refractivity contribution < 1.29 is 17.1 Å². The average Bonchev–Trinajstić information content (AvgIpc) is 3.75. The molecule has 0 saturated carbocycles. The van der Waals surface area contributed by atoms with E-state index in [4.69, 9.17) is 0 Å². The Morgan fingerprint density at radius 3 is 1.33 bits per heavy atom. The van der Waals surface area contributed by atoms with E-state index in [0.717, 1.165) is 0 Å². The second-order valence-corrected chi connectivity index (χ2v) is 61.7. The summed E-state index contributed by atoms with van der Waals surface area (Å²) in [6, 6.07) is 35.5. The van der Waals surface area contributed by atoms with E-state index < -0.39 is 22.6 Å². The molecular weight excluding hydrogens is 759 g/mol. The molecule has 0 aromatic heterocycles. The van der Waals surface area contributed by atoms with Crippen molar-refractivity contribution in [2.75, 3.05) is 0 Å². The second-order valence-electron chi connectivity index (χ2n) is 15.8. The molecule has 0 radical (unpaired) electrons. The van der Waals surface area contributed by atoms with E-state index >= 15 is 0 Å². The molecule has 2 heteroatoms. The number of benzene rings is 4. The molecule has 0 N–H and O–H groups in total. The molecule has 2 aliphatic carbocycles. The van der Waals surface area contributed by atoms with Crippen LogP contribution in [0.25, 0.3) is 34.4 Å². The Morgan fingerprint density at radius 2 is 0.917 bits per heavy atom. The van der Waals surface area contributed by atoms with Gasteiger partial charge >= 0.3 is 295 Å². The van der Waals surface area contributed by atoms with E-state index in [9.17, 15) is 0 Å². The van der Waals surface area contributed by atoms with Crippen molar-refractivity contribution in [3.05, 3.63) is 130 Å². The Morgan fingerprint density at radius 1 is 0.500 bits per heavy atom. The Balaban J connectivity index is 1.57. The minimum atomic E-state index is -3.97. The van der Waals surface area contributed by atoms with Crippen LogP contribution in [0.2, 0.25) is 21.4 Å². The molecule has 0 nitrogen and oxygen atoms in total. The van der Waals surface area contributed by atoms with Crippen LogP contribution in [0, 0.1) is 13.8 Å². The molecule has 0 bridgehead atoms. The summed E-state index contributed by atoms with van der Waals surface area (Å²) in [7, 11) is 0. The molecule has 2 aliphatic rings. The number of rotatable bonds is 14. The molecular formula is C46H58HfSi. The fourth-order valence-corrected chi connectivity index (χ4v) is 63.0. The Hall–Kier alpha value is -2.55. The first-order valence-electron chi connectivity index (χ1n) is 19.1. The number of hydrogen-bond donors (Lipinski definition) is 0. The van der Waals surface area contributed by atoms with E-state index in [-0.39, 0.29) is 0 Å². The van der Waals surface area contributed by atoms with Crippen molar-refractivity contribution in [2.45, 2.75) is 108 Å². The van der Waals surface area contributed by atoms with Crippen molar-refractivity contribution in [2.24, 2.45) is 0 Å². The Bertz CT molecular complexity index is 1770. The van der Waals surface area contributed by atoms with Gasteiger partial charge in [0.1, 0.15) is 0 Å². The van der Waals surface area contributed by atoms with Gasteiger partial charge in [0.25, 0.3) is 0 Å². The summed E-state index contributed by atoms with van der Waals surface area (Å²) in [6.07, 6.45) is 21.6. The second kappa shape index (κ2) is 15.1. The summed E-state index contributed by atoms with van der Waals surface area (Å²) in [5.41, 5.74) is 14.0. The van der Waals surface area contributed by atoms with Crippen LogP contribution in [0.15, 0.2) is 97.1 Å².